The Morgan fingerprint density at radius 2 is 2.46 bits per heavy atom. The first-order valence-corrected chi connectivity index (χ1v) is 4.71. The van der Waals surface area contributed by atoms with Gasteiger partial charge in [0.05, 0.1) is 7.11 Å². The fourth-order valence-corrected chi connectivity index (χ4v) is 1.67. The summed E-state index contributed by atoms with van der Waals surface area (Å²) in [6.07, 6.45) is 3.14. The van der Waals surface area contributed by atoms with Gasteiger partial charge in [0.1, 0.15) is 0 Å². The summed E-state index contributed by atoms with van der Waals surface area (Å²) < 4.78 is 4.59. The summed E-state index contributed by atoms with van der Waals surface area (Å²) >= 11 is 0. The molecule has 1 aliphatic rings. The van der Waals surface area contributed by atoms with Crippen LogP contribution in [0.3, 0.4) is 0 Å². The summed E-state index contributed by atoms with van der Waals surface area (Å²) in [4.78, 5) is 11.0. The lowest BCUT2D eigenvalue weighted by Gasteiger charge is -2.22. The van der Waals surface area contributed by atoms with Crippen LogP contribution < -0.4 is 5.32 Å². The molecule has 0 bridgehead atoms. The van der Waals surface area contributed by atoms with Crippen LogP contribution in [-0.2, 0) is 9.53 Å². The minimum Gasteiger partial charge on any atom is -0.466 e. The second-order valence-electron chi connectivity index (χ2n) is 3.51. The number of piperidine rings is 1. The van der Waals surface area contributed by atoms with Crippen LogP contribution in [0.1, 0.15) is 19.3 Å². The number of methoxy groups -OCH3 is 1. The molecular formula is C10H17NO2. The number of esters is 1. The highest BCUT2D eigenvalue weighted by Crippen LogP contribution is 2.18. The second kappa shape index (κ2) is 5.02. The van der Waals surface area contributed by atoms with Crippen molar-refractivity contribution in [2.24, 2.45) is 5.92 Å². The number of hydrogen-bond acceptors (Lipinski definition) is 3. The molecule has 0 aromatic carbocycles. The van der Waals surface area contributed by atoms with Crippen LogP contribution >= 0.6 is 0 Å². The maximum absolute atomic E-state index is 11.0. The number of hydrogen-bond donors (Lipinski definition) is 1. The van der Waals surface area contributed by atoms with Crippen LogP contribution in [-0.4, -0.2) is 26.2 Å². The van der Waals surface area contributed by atoms with E-state index in [2.05, 4.69) is 16.6 Å². The van der Waals surface area contributed by atoms with Gasteiger partial charge in [-0.1, -0.05) is 6.58 Å². The molecule has 1 fully saturated rings. The number of rotatable bonds is 3. The summed E-state index contributed by atoms with van der Waals surface area (Å²) in [7, 11) is 1.40. The second-order valence-corrected chi connectivity index (χ2v) is 3.51. The van der Waals surface area contributed by atoms with Crippen molar-refractivity contribution in [3.8, 4) is 0 Å². The topological polar surface area (TPSA) is 38.3 Å². The molecule has 0 spiro atoms. The summed E-state index contributed by atoms with van der Waals surface area (Å²) in [5.41, 5.74) is 0.594. The summed E-state index contributed by atoms with van der Waals surface area (Å²) in [6.45, 7) is 5.81. The summed E-state index contributed by atoms with van der Waals surface area (Å²) in [5, 5.41) is 3.30. The van der Waals surface area contributed by atoms with Crippen molar-refractivity contribution in [3.63, 3.8) is 0 Å². The van der Waals surface area contributed by atoms with Gasteiger partial charge in [-0.2, -0.15) is 0 Å². The van der Waals surface area contributed by atoms with Crippen molar-refractivity contribution in [1.82, 2.24) is 5.32 Å². The first kappa shape index (κ1) is 10.3. The first-order valence-electron chi connectivity index (χ1n) is 4.71. The Bertz CT molecular complexity index is 195. The molecule has 1 N–H and O–H groups in total. The van der Waals surface area contributed by atoms with Gasteiger partial charge in [-0.3, -0.25) is 0 Å². The highest BCUT2D eigenvalue weighted by molar-refractivity contribution is 5.87. The normalized spacial score (nSPS) is 22.4. The van der Waals surface area contributed by atoms with Crippen molar-refractivity contribution in [2.45, 2.75) is 19.3 Å². The predicted octanol–water partition coefficient (Wildman–Crippen LogP) is 1.11. The molecule has 1 atom stereocenters. The van der Waals surface area contributed by atoms with Crippen LogP contribution in [0.15, 0.2) is 12.2 Å². The number of carbonyl (C=O) groups excluding carboxylic acids is 1. The lowest BCUT2D eigenvalue weighted by Crippen LogP contribution is -2.30. The molecule has 1 aliphatic heterocycles. The van der Waals surface area contributed by atoms with E-state index in [1.165, 1.54) is 20.0 Å². The molecule has 3 nitrogen and oxygen atoms in total. The maximum atomic E-state index is 11.0. The van der Waals surface area contributed by atoms with Crippen LogP contribution in [0.5, 0.6) is 0 Å². The standard InChI is InChI=1S/C10H17NO2/c1-8(10(12)13-2)6-9-4-3-5-11-7-9/h9,11H,1,3-7H2,2H3. The van der Waals surface area contributed by atoms with Gasteiger partial charge in [0, 0.05) is 5.57 Å². The molecule has 1 saturated heterocycles. The van der Waals surface area contributed by atoms with E-state index in [0.29, 0.717) is 11.5 Å². The minimum atomic E-state index is -0.273. The van der Waals surface area contributed by atoms with Gasteiger partial charge < -0.3 is 10.1 Å². The largest absolute Gasteiger partial charge is 0.466 e. The van der Waals surface area contributed by atoms with Gasteiger partial charge in [-0.05, 0) is 38.3 Å². The number of nitrogens with one attached hydrogen (secondary N) is 1. The molecule has 0 saturated carbocycles. The van der Waals surface area contributed by atoms with Crippen molar-refractivity contribution in [1.29, 1.82) is 0 Å². The van der Waals surface area contributed by atoms with Gasteiger partial charge in [0.15, 0.2) is 0 Å². The van der Waals surface area contributed by atoms with Crippen LogP contribution in [0.4, 0.5) is 0 Å². The lowest BCUT2D eigenvalue weighted by molar-refractivity contribution is -0.136. The van der Waals surface area contributed by atoms with E-state index in [1.54, 1.807) is 0 Å². The van der Waals surface area contributed by atoms with E-state index in [0.717, 1.165) is 19.5 Å². The Morgan fingerprint density at radius 3 is 3.00 bits per heavy atom. The zero-order valence-electron chi connectivity index (χ0n) is 8.14. The monoisotopic (exact) mass is 183 g/mol. The fourth-order valence-electron chi connectivity index (χ4n) is 1.67. The third-order valence-corrected chi connectivity index (χ3v) is 2.41. The van der Waals surface area contributed by atoms with E-state index in [4.69, 9.17) is 0 Å². The quantitative estimate of drug-likeness (QED) is 0.526. The molecule has 13 heavy (non-hydrogen) atoms. The summed E-state index contributed by atoms with van der Waals surface area (Å²) in [6, 6.07) is 0. The molecular weight excluding hydrogens is 166 g/mol. The Labute approximate surface area is 79.2 Å². The maximum Gasteiger partial charge on any atom is 0.333 e. The van der Waals surface area contributed by atoms with Gasteiger partial charge in [0.2, 0.25) is 0 Å². The Hall–Kier alpha value is -0.830. The smallest absolute Gasteiger partial charge is 0.333 e. The molecule has 0 radical (unpaired) electrons. The van der Waals surface area contributed by atoms with E-state index in [9.17, 15) is 4.79 Å². The van der Waals surface area contributed by atoms with Crippen LogP contribution in [0.2, 0.25) is 0 Å². The predicted molar refractivity (Wildman–Crippen MR) is 51.4 cm³/mol. The Morgan fingerprint density at radius 1 is 1.69 bits per heavy atom. The van der Waals surface area contributed by atoms with Gasteiger partial charge in [0.25, 0.3) is 0 Å². The van der Waals surface area contributed by atoms with Gasteiger partial charge in [-0.25, -0.2) is 4.79 Å². The fraction of sp³-hybridized carbons (Fsp3) is 0.700. The van der Waals surface area contributed by atoms with E-state index in [1.807, 2.05) is 0 Å². The molecule has 1 rings (SSSR count). The van der Waals surface area contributed by atoms with Crippen LogP contribution in [0, 0.1) is 5.92 Å². The Kier molecular flexibility index (Phi) is 3.96. The molecule has 0 aliphatic carbocycles. The van der Waals surface area contributed by atoms with E-state index >= 15 is 0 Å². The van der Waals surface area contributed by atoms with Crippen LogP contribution in [0.25, 0.3) is 0 Å². The first-order chi connectivity index (χ1) is 6.24. The molecule has 1 unspecified atom stereocenters. The molecule has 0 amide bonds. The van der Waals surface area contributed by atoms with Crippen molar-refractivity contribution in [3.05, 3.63) is 12.2 Å². The summed E-state index contributed by atoms with van der Waals surface area (Å²) in [5.74, 6) is 0.283. The zero-order valence-corrected chi connectivity index (χ0v) is 8.14. The van der Waals surface area contributed by atoms with Gasteiger partial charge in [-0.15, -0.1) is 0 Å². The average Bonchev–Trinajstić information content (AvgIpc) is 2.18. The highest BCUT2D eigenvalue weighted by atomic mass is 16.5. The van der Waals surface area contributed by atoms with Gasteiger partial charge >= 0.3 is 5.97 Å². The average molecular weight is 183 g/mol. The number of ether oxygens (including phenoxy) is 1. The molecule has 1 heterocycles. The van der Waals surface area contributed by atoms with E-state index < -0.39 is 0 Å². The van der Waals surface area contributed by atoms with E-state index in [-0.39, 0.29) is 5.97 Å². The molecule has 0 aromatic rings. The van der Waals surface area contributed by atoms with Crippen molar-refractivity contribution < 1.29 is 9.53 Å². The highest BCUT2D eigenvalue weighted by Gasteiger charge is 2.17. The minimum absolute atomic E-state index is 0.273. The van der Waals surface area contributed by atoms with Crippen molar-refractivity contribution in [2.75, 3.05) is 20.2 Å². The molecule has 0 aromatic heterocycles. The SMILES string of the molecule is C=C(CC1CCCNC1)C(=O)OC. The third kappa shape index (κ3) is 3.19. The van der Waals surface area contributed by atoms with Crippen molar-refractivity contribution >= 4 is 5.97 Å². The lowest BCUT2D eigenvalue weighted by atomic mass is 9.93. The number of carbonyl (C=O) groups is 1. The Balaban J connectivity index is 2.30. The zero-order chi connectivity index (χ0) is 9.68. The molecule has 3 heteroatoms. The molecule has 74 valence electrons. The third-order valence-electron chi connectivity index (χ3n) is 2.41.